The number of hydrogen-bond donors (Lipinski definition) is 0. The first kappa shape index (κ1) is 12.3. The predicted molar refractivity (Wildman–Crippen MR) is 66.9 cm³/mol. The monoisotopic (exact) mass is 234 g/mol. The summed E-state index contributed by atoms with van der Waals surface area (Å²) in [5.41, 5.74) is 2.58. The fraction of sp³-hybridized carbons (Fsp3) is 0.533. The van der Waals surface area contributed by atoms with Crippen molar-refractivity contribution < 1.29 is 9.18 Å². The molecule has 0 aliphatic heterocycles. The van der Waals surface area contributed by atoms with Gasteiger partial charge < -0.3 is 0 Å². The largest absolute Gasteiger partial charge is 0.294 e. The maximum absolute atomic E-state index is 13.8. The van der Waals surface area contributed by atoms with Crippen molar-refractivity contribution in [3.63, 3.8) is 0 Å². The lowest BCUT2D eigenvalue weighted by Gasteiger charge is -2.17. The van der Waals surface area contributed by atoms with E-state index in [1.54, 1.807) is 12.1 Å². The van der Waals surface area contributed by atoms with Crippen LogP contribution in [-0.2, 0) is 12.8 Å². The van der Waals surface area contributed by atoms with Gasteiger partial charge in [-0.1, -0.05) is 13.3 Å². The Bertz CT molecular complexity index is 423. The van der Waals surface area contributed by atoms with Gasteiger partial charge in [-0.25, -0.2) is 4.39 Å². The van der Waals surface area contributed by atoms with Crippen LogP contribution in [0.3, 0.4) is 0 Å². The first-order valence-corrected chi connectivity index (χ1v) is 6.57. The van der Waals surface area contributed by atoms with E-state index in [1.165, 1.54) is 5.56 Å². The average Bonchev–Trinajstić information content (AvgIpc) is 2.35. The molecule has 0 N–H and O–H groups in total. The summed E-state index contributed by atoms with van der Waals surface area (Å²) < 4.78 is 13.8. The maximum atomic E-state index is 13.8. The molecule has 0 saturated carbocycles. The number of ketones is 1. The molecule has 92 valence electrons. The van der Waals surface area contributed by atoms with Crippen molar-refractivity contribution in [2.75, 3.05) is 0 Å². The lowest BCUT2D eigenvalue weighted by Crippen LogP contribution is -2.09. The van der Waals surface area contributed by atoms with Crippen molar-refractivity contribution in [1.82, 2.24) is 0 Å². The number of aryl methyl sites for hydroxylation is 2. The molecule has 17 heavy (non-hydrogen) atoms. The minimum Gasteiger partial charge on any atom is -0.294 e. The number of carbonyl (C=O) groups excluding carboxylic acids is 1. The van der Waals surface area contributed by atoms with Gasteiger partial charge in [0.25, 0.3) is 0 Å². The minimum atomic E-state index is -0.327. The van der Waals surface area contributed by atoms with Gasteiger partial charge in [-0.15, -0.1) is 0 Å². The third kappa shape index (κ3) is 2.74. The Balaban J connectivity index is 2.25. The fourth-order valence-electron chi connectivity index (χ4n) is 2.44. The van der Waals surface area contributed by atoms with Crippen LogP contribution >= 0.6 is 0 Å². The number of fused-ring (bicyclic) bond motifs is 1. The van der Waals surface area contributed by atoms with Crippen molar-refractivity contribution >= 4 is 5.78 Å². The van der Waals surface area contributed by atoms with Gasteiger partial charge in [0, 0.05) is 6.42 Å². The van der Waals surface area contributed by atoms with Crippen molar-refractivity contribution in [3.05, 3.63) is 34.6 Å². The van der Waals surface area contributed by atoms with Gasteiger partial charge in [0.1, 0.15) is 5.82 Å². The molecule has 0 heterocycles. The van der Waals surface area contributed by atoms with E-state index in [1.807, 2.05) is 6.92 Å². The lowest BCUT2D eigenvalue weighted by atomic mass is 9.89. The third-order valence-electron chi connectivity index (χ3n) is 3.49. The van der Waals surface area contributed by atoms with E-state index in [2.05, 4.69) is 0 Å². The van der Waals surface area contributed by atoms with Crippen LogP contribution in [0.25, 0.3) is 0 Å². The number of carbonyl (C=O) groups is 1. The lowest BCUT2D eigenvalue weighted by molar-refractivity contribution is 0.0975. The Morgan fingerprint density at radius 3 is 2.53 bits per heavy atom. The summed E-state index contributed by atoms with van der Waals surface area (Å²) >= 11 is 0. The highest BCUT2D eigenvalue weighted by Crippen LogP contribution is 2.25. The summed E-state index contributed by atoms with van der Waals surface area (Å²) in [6.45, 7) is 2.04. The van der Waals surface area contributed by atoms with Crippen LogP contribution in [0.1, 0.15) is 60.5 Å². The SMILES string of the molecule is CCCCC(=O)c1cc2c(cc1F)CCCC2. The van der Waals surface area contributed by atoms with Crippen LogP contribution < -0.4 is 0 Å². The summed E-state index contributed by atoms with van der Waals surface area (Å²) in [6, 6.07) is 3.37. The molecule has 0 unspecified atom stereocenters. The summed E-state index contributed by atoms with van der Waals surface area (Å²) in [5.74, 6) is -0.371. The van der Waals surface area contributed by atoms with Gasteiger partial charge in [-0.2, -0.15) is 0 Å². The summed E-state index contributed by atoms with van der Waals surface area (Å²) in [6.07, 6.45) is 6.51. The van der Waals surface area contributed by atoms with Gasteiger partial charge in [0.2, 0.25) is 0 Å². The standard InChI is InChI=1S/C15H19FO/c1-2-3-8-15(17)13-9-11-6-4-5-7-12(11)10-14(13)16/h9-10H,2-8H2,1H3. The number of rotatable bonds is 4. The van der Waals surface area contributed by atoms with Crippen molar-refractivity contribution in [2.24, 2.45) is 0 Å². The highest BCUT2D eigenvalue weighted by molar-refractivity contribution is 5.96. The first-order chi connectivity index (χ1) is 8.22. The van der Waals surface area contributed by atoms with E-state index in [9.17, 15) is 9.18 Å². The van der Waals surface area contributed by atoms with Crippen LogP contribution in [0.15, 0.2) is 12.1 Å². The molecule has 0 atom stereocenters. The Morgan fingerprint density at radius 1 is 1.24 bits per heavy atom. The Kier molecular flexibility index (Phi) is 3.93. The molecule has 1 aromatic carbocycles. The number of hydrogen-bond acceptors (Lipinski definition) is 1. The van der Waals surface area contributed by atoms with Gasteiger partial charge in [-0.05, 0) is 55.4 Å². The smallest absolute Gasteiger partial charge is 0.165 e. The normalized spacial score (nSPS) is 14.5. The van der Waals surface area contributed by atoms with Gasteiger partial charge in [-0.3, -0.25) is 4.79 Å². The molecule has 2 rings (SSSR count). The van der Waals surface area contributed by atoms with E-state index in [0.29, 0.717) is 12.0 Å². The van der Waals surface area contributed by atoms with Crippen LogP contribution in [0, 0.1) is 5.82 Å². The fourth-order valence-corrected chi connectivity index (χ4v) is 2.44. The van der Waals surface area contributed by atoms with Crippen LogP contribution in [0.2, 0.25) is 0 Å². The molecule has 0 aromatic heterocycles. The highest BCUT2D eigenvalue weighted by atomic mass is 19.1. The number of unbranched alkanes of at least 4 members (excludes halogenated alkanes) is 1. The Labute approximate surface area is 102 Å². The zero-order valence-electron chi connectivity index (χ0n) is 10.4. The minimum absolute atomic E-state index is 0.0438. The summed E-state index contributed by atoms with van der Waals surface area (Å²) in [4.78, 5) is 11.9. The summed E-state index contributed by atoms with van der Waals surface area (Å²) in [7, 11) is 0. The highest BCUT2D eigenvalue weighted by Gasteiger charge is 2.17. The molecule has 2 heteroatoms. The van der Waals surface area contributed by atoms with Crippen molar-refractivity contribution in [1.29, 1.82) is 0 Å². The molecule has 0 radical (unpaired) electrons. The second-order valence-corrected chi connectivity index (χ2v) is 4.83. The number of halogens is 1. The zero-order chi connectivity index (χ0) is 12.3. The molecular formula is C15H19FO. The maximum Gasteiger partial charge on any atom is 0.165 e. The topological polar surface area (TPSA) is 17.1 Å². The Morgan fingerprint density at radius 2 is 1.88 bits per heavy atom. The van der Waals surface area contributed by atoms with E-state index in [0.717, 1.165) is 44.1 Å². The molecule has 0 amide bonds. The van der Waals surface area contributed by atoms with E-state index in [-0.39, 0.29) is 11.6 Å². The molecule has 0 fully saturated rings. The molecule has 1 aliphatic carbocycles. The molecule has 1 aliphatic rings. The second-order valence-electron chi connectivity index (χ2n) is 4.83. The quantitative estimate of drug-likeness (QED) is 0.717. The molecule has 0 bridgehead atoms. The van der Waals surface area contributed by atoms with Crippen LogP contribution in [0.5, 0.6) is 0 Å². The van der Waals surface area contributed by atoms with Crippen LogP contribution in [-0.4, -0.2) is 5.78 Å². The molecule has 0 saturated heterocycles. The summed E-state index contributed by atoms with van der Waals surface area (Å²) in [5, 5.41) is 0. The average molecular weight is 234 g/mol. The molecule has 0 spiro atoms. The van der Waals surface area contributed by atoms with Crippen LogP contribution in [0.4, 0.5) is 4.39 Å². The second kappa shape index (κ2) is 5.44. The predicted octanol–water partition coefficient (Wildman–Crippen LogP) is 4.08. The van der Waals surface area contributed by atoms with Gasteiger partial charge >= 0.3 is 0 Å². The van der Waals surface area contributed by atoms with E-state index < -0.39 is 0 Å². The Hall–Kier alpha value is -1.18. The van der Waals surface area contributed by atoms with Crippen molar-refractivity contribution in [3.8, 4) is 0 Å². The number of Topliss-reactive ketones (excluding diaryl/α,β-unsaturated/α-hetero) is 1. The van der Waals surface area contributed by atoms with Crippen molar-refractivity contribution in [2.45, 2.75) is 51.9 Å². The molecule has 1 nitrogen and oxygen atoms in total. The zero-order valence-corrected chi connectivity index (χ0v) is 10.4. The molecule has 1 aromatic rings. The third-order valence-corrected chi connectivity index (χ3v) is 3.49. The van der Waals surface area contributed by atoms with Gasteiger partial charge in [0.15, 0.2) is 5.78 Å². The molecular weight excluding hydrogens is 215 g/mol. The first-order valence-electron chi connectivity index (χ1n) is 6.57. The number of benzene rings is 1. The van der Waals surface area contributed by atoms with Gasteiger partial charge in [0.05, 0.1) is 5.56 Å². The van der Waals surface area contributed by atoms with E-state index >= 15 is 0 Å². The van der Waals surface area contributed by atoms with E-state index in [4.69, 9.17) is 0 Å².